The first kappa shape index (κ1) is 13.7. The second-order valence-corrected chi connectivity index (χ2v) is 5.20. The molecule has 1 unspecified atom stereocenters. The molecular formula is C13H21BrN2. The third kappa shape index (κ3) is 4.64. The van der Waals surface area contributed by atoms with E-state index in [0.717, 1.165) is 17.6 Å². The first-order chi connectivity index (χ1) is 7.63. The Morgan fingerprint density at radius 3 is 2.50 bits per heavy atom. The molecule has 0 fully saturated rings. The predicted molar refractivity (Wildman–Crippen MR) is 73.6 cm³/mol. The van der Waals surface area contributed by atoms with Crippen LogP contribution in [-0.2, 0) is 6.54 Å². The van der Waals surface area contributed by atoms with E-state index in [4.69, 9.17) is 0 Å². The summed E-state index contributed by atoms with van der Waals surface area (Å²) in [5.41, 5.74) is 1.36. The Morgan fingerprint density at radius 2 is 1.94 bits per heavy atom. The SMILES string of the molecule is CNCCC(C)N(C)Cc1ccc(Br)cc1. The van der Waals surface area contributed by atoms with Gasteiger partial charge in [-0.1, -0.05) is 28.1 Å². The van der Waals surface area contributed by atoms with Crippen molar-refractivity contribution in [3.8, 4) is 0 Å². The van der Waals surface area contributed by atoms with Crippen LogP contribution < -0.4 is 5.32 Å². The summed E-state index contributed by atoms with van der Waals surface area (Å²) in [6.07, 6.45) is 1.18. The van der Waals surface area contributed by atoms with Crippen LogP contribution in [0.15, 0.2) is 28.7 Å². The maximum atomic E-state index is 3.45. The Kier molecular flexibility index (Phi) is 6.03. The van der Waals surface area contributed by atoms with Gasteiger partial charge in [0.2, 0.25) is 0 Å². The van der Waals surface area contributed by atoms with Gasteiger partial charge in [-0.05, 0) is 51.7 Å². The summed E-state index contributed by atoms with van der Waals surface area (Å²) >= 11 is 3.45. The van der Waals surface area contributed by atoms with E-state index in [0.29, 0.717) is 6.04 Å². The standard InChI is InChI=1S/C13H21BrN2/c1-11(8-9-15-2)16(3)10-12-4-6-13(14)7-5-12/h4-7,11,15H,8-10H2,1-3H3. The molecule has 0 aromatic heterocycles. The zero-order valence-corrected chi connectivity index (χ0v) is 11.9. The summed E-state index contributed by atoms with van der Waals surface area (Å²) < 4.78 is 1.14. The Morgan fingerprint density at radius 1 is 1.31 bits per heavy atom. The second-order valence-electron chi connectivity index (χ2n) is 4.28. The van der Waals surface area contributed by atoms with Crippen LogP contribution in [0.4, 0.5) is 0 Å². The summed E-state index contributed by atoms with van der Waals surface area (Å²) in [5.74, 6) is 0. The molecule has 1 atom stereocenters. The lowest BCUT2D eigenvalue weighted by molar-refractivity contribution is 0.237. The Bertz CT molecular complexity index is 297. The van der Waals surface area contributed by atoms with Gasteiger partial charge >= 0.3 is 0 Å². The van der Waals surface area contributed by atoms with Crippen LogP contribution >= 0.6 is 15.9 Å². The lowest BCUT2D eigenvalue weighted by Crippen LogP contribution is -2.31. The molecule has 0 amide bonds. The zero-order valence-electron chi connectivity index (χ0n) is 10.3. The number of rotatable bonds is 6. The minimum atomic E-state index is 0.607. The molecule has 0 heterocycles. The predicted octanol–water partition coefficient (Wildman–Crippen LogP) is 2.88. The van der Waals surface area contributed by atoms with Gasteiger partial charge < -0.3 is 5.32 Å². The van der Waals surface area contributed by atoms with Crippen molar-refractivity contribution in [2.24, 2.45) is 0 Å². The van der Waals surface area contributed by atoms with E-state index in [1.54, 1.807) is 0 Å². The van der Waals surface area contributed by atoms with Gasteiger partial charge in [-0.2, -0.15) is 0 Å². The molecular weight excluding hydrogens is 264 g/mol. The normalized spacial score (nSPS) is 13.1. The van der Waals surface area contributed by atoms with Crippen LogP contribution in [0.2, 0.25) is 0 Å². The topological polar surface area (TPSA) is 15.3 Å². The quantitative estimate of drug-likeness (QED) is 0.864. The fourth-order valence-corrected chi connectivity index (χ4v) is 1.87. The molecule has 16 heavy (non-hydrogen) atoms. The average molecular weight is 285 g/mol. The minimum Gasteiger partial charge on any atom is -0.320 e. The molecule has 0 saturated carbocycles. The van der Waals surface area contributed by atoms with Gasteiger partial charge in [0.05, 0.1) is 0 Å². The number of hydrogen-bond acceptors (Lipinski definition) is 2. The molecule has 1 N–H and O–H groups in total. The fraction of sp³-hybridized carbons (Fsp3) is 0.538. The molecule has 0 bridgehead atoms. The minimum absolute atomic E-state index is 0.607. The Labute approximate surface area is 107 Å². The van der Waals surface area contributed by atoms with Crippen molar-refractivity contribution in [3.05, 3.63) is 34.3 Å². The smallest absolute Gasteiger partial charge is 0.0233 e. The monoisotopic (exact) mass is 284 g/mol. The van der Waals surface area contributed by atoms with Gasteiger partial charge in [-0.15, -0.1) is 0 Å². The van der Waals surface area contributed by atoms with E-state index in [2.05, 4.69) is 64.4 Å². The molecule has 90 valence electrons. The molecule has 2 nitrogen and oxygen atoms in total. The molecule has 3 heteroatoms. The summed E-state index contributed by atoms with van der Waals surface area (Å²) in [6.45, 7) is 4.36. The largest absolute Gasteiger partial charge is 0.320 e. The molecule has 0 saturated heterocycles. The highest BCUT2D eigenvalue weighted by atomic mass is 79.9. The molecule has 0 aliphatic carbocycles. The van der Waals surface area contributed by atoms with Gasteiger partial charge in [0.15, 0.2) is 0 Å². The van der Waals surface area contributed by atoms with Crippen molar-refractivity contribution < 1.29 is 0 Å². The van der Waals surface area contributed by atoms with E-state index in [9.17, 15) is 0 Å². The number of nitrogens with one attached hydrogen (secondary N) is 1. The third-order valence-electron chi connectivity index (χ3n) is 2.91. The molecule has 1 rings (SSSR count). The van der Waals surface area contributed by atoms with Crippen molar-refractivity contribution in [3.63, 3.8) is 0 Å². The van der Waals surface area contributed by atoms with Gasteiger partial charge in [0.25, 0.3) is 0 Å². The lowest BCUT2D eigenvalue weighted by atomic mass is 10.1. The van der Waals surface area contributed by atoms with Crippen LogP contribution in [0.1, 0.15) is 18.9 Å². The van der Waals surface area contributed by atoms with Gasteiger partial charge in [0.1, 0.15) is 0 Å². The highest BCUT2D eigenvalue weighted by Crippen LogP contribution is 2.13. The maximum absolute atomic E-state index is 3.45. The summed E-state index contributed by atoms with van der Waals surface area (Å²) in [5, 5.41) is 3.19. The highest BCUT2D eigenvalue weighted by molar-refractivity contribution is 9.10. The number of hydrogen-bond donors (Lipinski definition) is 1. The van der Waals surface area contributed by atoms with E-state index >= 15 is 0 Å². The van der Waals surface area contributed by atoms with E-state index in [1.165, 1.54) is 12.0 Å². The third-order valence-corrected chi connectivity index (χ3v) is 3.44. The van der Waals surface area contributed by atoms with E-state index < -0.39 is 0 Å². The summed E-state index contributed by atoms with van der Waals surface area (Å²) in [4.78, 5) is 2.39. The van der Waals surface area contributed by atoms with Crippen molar-refractivity contribution in [2.75, 3.05) is 20.6 Å². The Balaban J connectivity index is 2.43. The first-order valence-electron chi connectivity index (χ1n) is 5.72. The molecule has 0 spiro atoms. The zero-order chi connectivity index (χ0) is 12.0. The van der Waals surface area contributed by atoms with Crippen LogP contribution in [0, 0.1) is 0 Å². The van der Waals surface area contributed by atoms with Crippen molar-refractivity contribution in [1.82, 2.24) is 10.2 Å². The molecule has 1 aromatic rings. The van der Waals surface area contributed by atoms with Crippen LogP contribution in [-0.4, -0.2) is 31.6 Å². The number of nitrogens with zero attached hydrogens (tertiary/aromatic N) is 1. The molecule has 0 aliphatic heterocycles. The van der Waals surface area contributed by atoms with Crippen LogP contribution in [0.3, 0.4) is 0 Å². The van der Waals surface area contributed by atoms with Gasteiger partial charge in [0, 0.05) is 17.1 Å². The van der Waals surface area contributed by atoms with Crippen LogP contribution in [0.5, 0.6) is 0 Å². The Hall–Kier alpha value is -0.380. The van der Waals surface area contributed by atoms with E-state index in [-0.39, 0.29) is 0 Å². The summed E-state index contributed by atoms with van der Waals surface area (Å²) in [6, 6.07) is 9.15. The van der Waals surface area contributed by atoms with Crippen LogP contribution in [0.25, 0.3) is 0 Å². The molecule has 0 radical (unpaired) electrons. The van der Waals surface area contributed by atoms with E-state index in [1.807, 2.05) is 7.05 Å². The molecule has 0 aliphatic rings. The second kappa shape index (κ2) is 7.05. The van der Waals surface area contributed by atoms with Gasteiger partial charge in [-0.25, -0.2) is 0 Å². The maximum Gasteiger partial charge on any atom is 0.0233 e. The van der Waals surface area contributed by atoms with Crippen molar-refractivity contribution in [2.45, 2.75) is 25.9 Å². The first-order valence-corrected chi connectivity index (χ1v) is 6.52. The van der Waals surface area contributed by atoms with Gasteiger partial charge in [-0.3, -0.25) is 4.90 Å². The van der Waals surface area contributed by atoms with Crippen molar-refractivity contribution >= 4 is 15.9 Å². The van der Waals surface area contributed by atoms with Crippen molar-refractivity contribution in [1.29, 1.82) is 0 Å². The highest BCUT2D eigenvalue weighted by Gasteiger charge is 2.08. The number of halogens is 1. The summed E-state index contributed by atoms with van der Waals surface area (Å²) in [7, 11) is 4.18. The lowest BCUT2D eigenvalue weighted by Gasteiger charge is -2.24. The number of benzene rings is 1. The molecule has 1 aromatic carbocycles. The average Bonchev–Trinajstić information content (AvgIpc) is 2.29. The fourth-order valence-electron chi connectivity index (χ4n) is 1.61.